The number of aliphatic imine (C=N–C) groups is 1. The summed E-state index contributed by atoms with van der Waals surface area (Å²) in [5.41, 5.74) is 0.439. The highest BCUT2D eigenvalue weighted by molar-refractivity contribution is 5.90. The third-order valence-corrected chi connectivity index (χ3v) is 6.83. The Kier molecular flexibility index (Phi) is 6.89. The Labute approximate surface area is 216 Å². The Morgan fingerprint density at radius 3 is 2.62 bits per heavy atom. The lowest BCUT2D eigenvalue weighted by atomic mass is 9.80. The molecule has 1 aromatic heterocycles. The molecule has 2 aromatic rings. The fraction of sp³-hybridized carbons (Fsp3) is 0.577. The molecule has 5 rings (SSSR count). The number of ether oxygens (including phenoxy) is 1. The average Bonchev–Trinajstić information content (AvgIpc) is 3.38. The second kappa shape index (κ2) is 10.1. The van der Waals surface area contributed by atoms with Crippen LogP contribution < -0.4 is 5.32 Å². The lowest BCUT2D eigenvalue weighted by Gasteiger charge is -2.34. The summed E-state index contributed by atoms with van der Waals surface area (Å²) in [7, 11) is 0. The van der Waals surface area contributed by atoms with Gasteiger partial charge in [-0.1, -0.05) is 30.3 Å². The molecule has 2 atom stereocenters. The van der Waals surface area contributed by atoms with E-state index < -0.39 is 11.7 Å². The van der Waals surface area contributed by atoms with Crippen molar-refractivity contribution in [2.75, 3.05) is 6.54 Å². The van der Waals surface area contributed by atoms with Gasteiger partial charge in [0.1, 0.15) is 24.1 Å². The van der Waals surface area contributed by atoms with Crippen molar-refractivity contribution in [2.24, 2.45) is 4.99 Å². The van der Waals surface area contributed by atoms with Gasteiger partial charge in [0.2, 0.25) is 11.8 Å². The molecule has 3 heterocycles. The number of nitrogens with zero attached hydrogens (tertiary/aromatic N) is 5. The third kappa shape index (κ3) is 5.76. The normalized spacial score (nSPS) is 25.7. The summed E-state index contributed by atoms with van der Waals surface area (Å²) in [4.78, 5) is 36.6. The molecule has 1 aliphatic carbocycles. The van der Waals surface area contributed by atoms with E-state index >= 15 is 0 Å². The largest absolute Gasteiger partial charge is 0.442 e. The average molecular weight is 511 g/mol. The number of aromatic nitrogens is 2. The van der Waals surface area contributed by atoms with Gasteiger partial charge in [0, 0.05) is 18.5 Å². The molecule has 11 heteroatoms. The molecule has 1 aromatic carbocycles. The number of piperidine rings is 1. The topological polar surface area (TPSA) is 122 Å². The molecule has 37 heavy (non-hydrogen) atoms. The molecule has 1 saturated carbocycles. The molecule has 2 bridgehead atoms. The van der Waals surface area contributed by atoms with E-state index in [0.29, 0.717) is 30.8 Å². The van der Waals surface area contributed by atoms with E-state index in [9.17, 15) is 9.59 Å². The molecule has 198 valence electrons. The van der Waals surface area contributed by atoms with Crippen LogP contribution in [0.4, 0.5) is 9.59 Å². The van der Waals surface area contributed by atoms with Gasteiger partial charge in [-0.05, 0) is 58.9 Å². The van der Waals surface area contributed by atoms with Crippen LogP contribution >= 0.6 is 0 Å². The number of fused-ring (bicyclic) bond motifs is 2. The Bertz CT molecular complexity index is 1150. The van der Waals surface area contributed by atoms with E-state index in [1.54, 1.807) is 32.6 Å². The maximum Gasteiger partial charge on any atom is 0.435 e. The number of amidine groups is 1. The van der Waals surface area contributed by atoms with Gasteiger partial charge in [-0.15, -0.1) is 10.2 Å². The highest BCUT2D eigenvalue weighted by atomic mass is 16.7. The van der Waals surface area contributed by atoms with Crippen LogP contribution in [0.3, 0.4) is 0 Å². The van der Waals surface area contributed by atoms with Crippen LogP contribution in [0.25, 0.3) is 0 Å². The first-order chi connectivity index (χ1) is 17.7. The predicted octanol–water partition coefficient (Wildman–Crippen LogP) is 4.33. The monoisotopic (exact) mass is 510 g/mol. The molecule has 3 aliphatic rings. The summed E-state index contributed by atoms with van der Waals surface area (Å²) in [6.45, 7) is 8.10. The molecular weight excluding hydrogens is 476 g/mol. The van der Waals surface area contributed by atoms with Crippen molar-refractivity contribution in [1.29, 1.82) is 0 Å². The summed E-state index contributed by atoms with van der Waals surface area (Å²) < 4.78 is 11.3. The van der Waals surface area contributed by atoms with Gasteiger partial charge in [0.15, 0.2) is 0 Å². The maximum absolute atomic E-state index is 13.1. The number of hydrogen-bond acceptors (Lipinski definition) is 7. The molecule has 0 unspecified atom stereocenters. The molecule has 11 nitrogen and oxygen atoms in total. The zero-order chi connectivity index (χ0) is 26.2. The van der Waals surface area contributed by atoms with Gasteiger partial charge >= 0.3 is 12.1 Å². The molecule has 0 radical (unpaired) electrons. The summed E-state index contributed by atoms with van der Waals surface area (Å²) in [5, 5.41) is 13.3. The summed E-state index contributed by atoms with van der Waals surface area (Å²) >= 11 is 0. The quantitative estimate of drug-likeness (QED) is 0.450. The standard InChI is InChI=1S/C26H34N6O5/c1-16(28-24(33)37-26(2,3)4)27-19-12-18(13-19)22-29-30-23(36-22)21-11-10-20-14-31(21)25(34)32(20)35-15-17-8-6-5-7-9-17/h5-9,18-21H,10-15H2,1-4H3,(H,27,28,33)/t18-,19-,20-,21+/m1/s1. The fourth-order valence-corrected chi connectivity index (χ4v) is 5.01. The highest BCUT2D eigenvalue weighted by Crippen LogP contribution is 2.41. The Hall–Kier alpha value is -3.47. The molecule has 1 N–H and O–H groups in total. The molecule has 2 saturated heterocycles. The second-order valence-electron chi connectivity index (χ2n) is 10.9. The molecule has 3 amide bonds. The number of benzene rings is 1. The number of carbonyl (C=O) groups excluding carboxylic acids is 2. The van der Waals surface area contributed by atoms with E-state index in [1.807, 2.05) is 30.3 Å². The highest BCUT2D eigenvalue weighted by Gasteiger charge is 2.48. The van der Waals surface area contributed by atoms with Crippen molar-refractivity contribution in [1.82, 2.24) is 25.5 Å². The van der Waals surface area contributed by atoms with Crippen molar-refractivity contribution in [3.63, 3.8) is 0 Å². The van der Waals surface area contributed by atoms with Crippen molar-refractivity contribution in [2.45, 2.75) is 89.6 Å². The number of nitrogens with one attached hydrogen (secondary N) is 1. The van der Waals surface area contributed by atoms with Gasteiger partial charge in [-0.25, -0.2) is 9.59 Å². The van der Waals surface area contributed by atoms with Gasteiger partial charge in [-0.2, -0.15) is 10.1 Å². The number of amides is 3. The van der Waals surface area contributed by atoms with Crippen molar-refractivity contribution in [3.8, 4) is 0 Å². The minimum absolute atomic E-state index is 0.0268. The number of hydroxylamine groups is 2. The van der Waals surface area contributed by atoms with Crippen LogP contribution in [0.2, 0.25) is 0 Å². The van der Waals surface area contributed by atoms with Gasteiger partial charge in [-0.3, -0.25) is 4.84 Å². The minimum Gasteiger partial charge on any atom is -0.442 e. The number of hydrogen-bond donors (Lipinski definition) is 1. The lowest BCUT2D eigenvalue weighted by molar-refractivity contribution is -0.140. The van der Waals surface area contributed by atoms with Crippen LogP contribution in [0, 0.1) is 0 Å². The van der Waals surface area contributed by atoms with Gasteiger partial charge in [0.25, 0.3) is 0 Å². The van der Waals surface area contributed by atoms with E-state index in [4.69, 9.17) is 14.0 Å². The van der Waals surface area contributed by atoms with Crippen LogP contribution in [0.15, 0.2) is 39.7 Å². The Balaban J connectivity index is 1.13. The van der Waals surface area contributed by atoms with Crippen LogP contribution in [0.1, 0.15) is 82.7 Å². The first kappa shape index (κ1) is 25.2. The van der Waals surface area contributed by atoms with E-state index in [-0.39, 0.29) is 30.1 Å². The van der Waals surface area contributed by atoms with Gasteiger partial charge in [0.05, 0.1) is 6.04 Å². The number of urea groups is 1. The van der Waals surface area contributed by atoms with Crippen molar-refractivity contribution < 1.29 is 23.6 Å². The van der Waals surface area contributed by atoms with Crippen LogP contribution in [-0.2, 0) is 16.2 Å². The SMILES string of the molecule is C/C(=N\C(=O)OC(C)(C)C)N[C@H]1C[C@H](c2nnc([C@@H]3CC[C@@H]4CN3C(=O)N4OCc3ccccc3)o2)C1. The van der Waals surface area contributed by atoms with E-state index in [2.05, 4.69) is 20.5 Å². The maximum atomic E-state index is 13.1. The Morgan fingerprint density at radius 2 is 1.89 bits per heavy atom. The molecular formula is C26H34N6O5. The summed E-state index contributed by atoms with van der Waals surface area (Å²) in [6.07, 6.45) is 2.53. The van der Waals surface area contributed by atoms with Crippen LogP contribution in [0.5, 0.6) is 0 Å². The van der Waals surface area contributed by atoms with Crippen molar-refractivity contribution in [3.05, 3.63) is 47.7 Å². The minimum atomic E-state index is -0.606. The smallest absolute Gasteiger partial charge is 0.435 e. The first-order valence-electron chi connectivity index (χ1n) is 12.8. The van der Waals surface area contributed by atoms with E-state index in [1.165, 1.54) is 5.06 Å². The summed E-state index contributed by atoms with van der Waals surface area (Å²) in [5.74, 6) is 1.71. The third-order valence-electron chi connectivity index (χ3n) is 6.83. The second-order valence-corrected chi connectivity index (χ2v) is 10.9. The Morgan fingerprint density at radius 1 is 1.16 bits per heavy atom. The predicted molar refractivity (Wildman–Crippen MR) is 133 cm³/mol. The molecule has 0 spiro atoms. The zero-order valence-corrected chi connectivity index (χ0v) is 21.7. The molecule has 2 aliphatic heterocycles. The zero-order valence-electron chi connectivity index (χ0n) is 21.7. The van der Waals surface area contributed by atoms with E-state index in [0.717, 1.165) is 31.2 Å². The first-order valence-corrected chi connectivity index (χ1v) is 12.8. The molecule has 3 fully saturated rings. The fourth-order valence-electron chi connectivity index (χ4n) is 5.01. The van der Waals surface area contributed by atoms with Gasteiger partial charge < -0.3 is 19.4 Å². The number of rotatable bonds is 6. The number of carbonyl (C=O) groups is 2. The van der Waals surface area contributed by atoms with Crippen molar-refractivity contribution >= 4 is 18.0 Å². The lowest BCUT2D eigenvalue weighted by Crippen LogP contribution is -2.43. The van der Waals surface area contributed by atoms with Crippen LogP contribution in [-0.4, -0.2) is 62.3 Å². The summed E-state index contributed by atoms with van der Waals surface area (Å²) in [6, 6.07) is 9.61.